The van der Waals surface area contributed by atoms with Crippen LogP contribution in [0.25, 0.3) is 0 Å². The van der Waals surface area contributed by atoms with Crippen molar-refractivity contribution in [3.8, 4) is 0 Å². The summed E-state index contributed by atoms with van der Waals surface area (Å²) in [6.07, 6.45) is 0. The molecule has 0 bridgehead atoms. The second-order valence-corrected chi connectivity index (χ2v) is 6.55. The molecule has 0 radical (unpaired) electrons. The minimum Gasteiger partial charge on any atom is -0.329 e. The monoisotopic (exact) mass is 305 g/mol. The van der Waals surface area contributed by atoms with Gasteiger partial charge in [0, 0.05) is 22.4 Å². The van der Waals surface area contributed by atoms with Crippen LogP contribution in [-0.2, 0) is 0 Å². The lowest BCUT2D eigenvalue weighted by molar-refractivity contribution is 0.565. The third-order valence-electron chi connectivity index (χ3n) is 2.29. The second-order valence-electron chi connectivity index (χ2n) is 3.56. The van der Waals surface area contributed by atoms with Crippen molar-refractivity contribution < 1.29 is 8.78 Å². The molecule has 0 aliphatic carbocycles. The summed E-state index contributed by atoms with van der Waals surface area (Å²) in [5.41, 5.74) is 5.69. The van der Waals surface area contributed by atoms with E-state index in [0.29, 0.717) is 15.8 Å². The molecule has 1 nitrogen and oxygen atoms in total. The van der Waals surface area contributed by atoms with Crippen LogP contribution in [0, 0.1) is 11.6 Å². The highest BCUT2D eigenvalue weighted by molar-refractivity contribution is 7.99. The zero-order valence-corrected chi connectivity index (χ0v) is 11.6. The zero-order chi connectivity index (χ0) is 13.1. The molecule has 6 heteroatoms. The normalized spacial score (nSPS) is 12.7. The molecule has 1 aromatic carbocycles. The van der Waals surface area contributed by atoms with E-state index >= 15 is 0 Å². The SMILES string of the molecule is NCC(Sc1ccc(F)cc1F)c1ccc(Cl)s1. The Kier molecular flexibility index (Phi) is 4.61. The lowest BCUT2D eigenvalue weighted by atomic mass is 10.3. The van der Waals surface area contributed by atoms with Crippen molar-refractivity contribution >= 4 is 34.7 Å². The van der Waals surface area contributed by atoms with Gasteiger partial charge in [0.2, 0.25) is 0 Å². The van der Waals surface area contributed by atoms with E-state index in [0.717, 1.165) is 10.9 Å². The van der Waals surface area contributed by atoms with Crippen LogP contribution in [0.15, 0.2) is 35.2 Å². The Balaban J connectivity index is 2.20. The van der Waals surface area contributed by atoms with Crippen LogP contribution in [0.5, 0.6) is 0 Å². The Labute approximate surface area is 117 Å². The maximum atomic E-state index is 13.5. The third kappa shape index (κ3) is 3.23. The van der Waals surface area contributed by atoms with Crippen LogP contribution in [0.3, 0.4) is 0 Å². The molecule has 96 valence electrons. The highest BCUT2D eigenvalue weighted by Gasteiger charge is 2.16. The van der Waals surface area contributed by atoms with E-state index in [1.807, 2.05) is 6.07 Å². The van der Waals surface area contributed by atoms with Gasteiger partial charge in [0.25, 0.3) is 0 Å². The molecule has 0 aliphatic rings. The average molecular weight is 306 g/mol. The number of thiophene rings is 1. The highest BCUT2D eigenvalue weighted by atomic mass is 35.5. The van der Waals surface area contributed by atoms with Gasteiger partial charge in [-0.3, -0.25) is 0 Å². The van der Waals surface area contributed by atoms with Crippen LogP contribution < -0.4 is 5.73 Å². The predicted molar refractivity (Wildman–Crippen MR) is 73.3 cm³/mol. The number of hydrogen-bond acceptors (Lipinski definition) is 3. The molecular weight excluding hydrogens is 296 g/mol. The molecule has 0 aliphatic heterocycles. The molecule has 1 aromatic heterocycles. The van der Waals surface area contributed by atoms with Gasteiger partial charge < -0.3 is 5.73 Å². The topological polar surface area (TPSA) is 26.0 Å². The standard InChI is InChI=1S/C12H10ClF2NS2/c13-12-4-3-10(18-12)11(6-16)17-9-2-1-7(14)5-8(9)15/h1-5,11H,6,16H2. The quantitative estimate of drug-likeness (QED) is 0.843. The van der Waals surface area contributed by atoms with Crippen LogP contribution in [0.1, 0.15) is 10.1 Å². The summed E-state index contributed by atoms with van der Waals surface area (Å²) < 4.78 is 27.0. The maximum absolute atomic E-state index is 13.5. The van der Waals surface area contributed by atoms with Gasteiger partial charge in [0.15, 0.2) is 0 Å². The van der Waals surface area contributed by atoms with Crippen LogP contribution in [-0.4, -0.2) is 6.54 Å². The lowest BCUT2D eigenvalue weighted by Gasteiger charge is -2.13. The minimum atomic E-state index is -0.583. The Morgan fingerprint density at radius 2 is 2.06 bits per heavy atom. The van der Waals surface area contributed by atoms with Crippen molar-refractivity contribution in [2.75, 3.05) is 6.54 Å². The number of hydrogen-bond donors (Lipinski definition) is 1. The highest BCUT2D eigenvalue weighted by Crippen LogP contribution is 2.39. The predicted octanol–water partition coefficient (Wildman–Crippen LogP) is 4.47. The number of thioether (sulfide) groups is 1. The van der Waals surface area contributed by atoms with E-state index in [2.05, 4.69) is 0 Å². The summed E-state index contributed by atoms with van der Waals surface area (Å²) >= 11 is 8.55. The summed E-state index contributed by atoms with van der Waals surface area (Å²) in [4.78, 5) is 1.37. The van der Waals surface area contributed by atoms with Crippen LogP contribution >= 0.6 is 34.7 Å². The van der Waals surface area contributed by atoms with Crippen molar-refractivity contribution in [2.45, 2.75) is 10.1 Å². The number of halogens is 3. The summed E-state index contributed by atoms with van der Waals surface area (Å²) in [5, 5.41) is -0.0811. The van der Waals surface area contributed by atoms with E-state index < -0.39 is 11.6 Å². The molecule has 0 saturated heterocycles. The Morgan fingerprint density at radius 1 is 1.28 bits per heavy atom. The molecule has 1 atom stereocenters. The Hall–Kier alpha value is -0.620. The number of nitrogens with two attached hydrogens (primary N) is 1. The summed E-state index contributed by atoms with van der Waals surface area (Å²) in [5.74, 6) is -1.15. The maximum Gasteiger partial charge on any atom is 0.139 e. The fourth-order valence-electron chi connectivity index (χ4n) is 1.45. The Bertz CT molecular complexity index is 545. The lowest BCUT2D eigenvalue weighted by Crippen LogP contribution is -2.08. The summed E-state index contributed by atoms with van der Waals surface area (Å²) in [6, 6.07) is 7.19. The van der Waals surface area contributed by atoms with Crippen LogP contribution in [0.2, 0.25) is 4.34 Å². The molecule has 2 rings (SSSR count). The van der Waals surface area contributed by atoms with E-state index in [1.54, 1.807) is 6.07 Å². The van der Waals surface area contributed by atoms with Crippen molar-refractivity contribution in [3.05, 3.63) is 51.2 Å². The first-order chi connectivity index (χ1) is 8.60. The van der Waals surface area contributed by atoms with E-state index in [4.69, 9.17) is 17.3 Å². The van der Waals surface area contributed by atoms with E-state index in [1.165, 1.54) is 35.2 Å². The van der Waals surface area contributed by atoms with Crippen molar-refractivity contribution in [1.82, 2.24) is 0 Å². The first kappa shape index (κ1) is 13.8. The fourth-order valence-corrected chi connectivity index (χ4v) is 3.71. The molecule has 0 amide bonds. The van der Waals surface area contributed by atoms with Crippen molar-refractivity contribution in [2.24, 2.45) is 5.73 Å². The van der Waals surface area contributed by atoms with Gasteiger partial charge in [-0.15, -0.1) is 23.1 Å². The van der Waals surface area contributed by atoms with Gasteiger partial charge in [-0.1, -0.05) is 11.6 Å². The smallest absolute Gasteiger partial charge is 0.139 e. The molecule has 1 unspecified atom stereocenters. The molecule has 2 aromatic rings. The first-order valence-corrected chi connectivity index (χ1v) is 7.24. The van der Waals surface area contributed by atoms with E-state index in [-0.39, 0.29) is 5.25 Å². The van der Waals surface area contributed by atoms with Crippen LogP contribution in [0.4, 0.5) is 8.78 Å². The van der Waals surface area contributed by atoms with E-state index in [9.17, 15) is 8.78 Å². The molecule has 18 heavy (non-hydrogen) atoms. The van der Waals surface area contributed by atoms with Crippen molar-refractivity contribution in [1.29, 1.82) is 0 Å². The molecular formula is C12H10ClF2NS2. The fraction of sp³-hybridized carbons (Fsp3) is 0.167. The second kappa shape index (κ2) is 6.02. The molecule has 2 N–H and O–H groups in total. The largest absolute Gasteiger partial charge is 0.329 e. The van der Waals surface area contributed by atoms with Gasteiger partial charge in [0.05, 0.1) is 9.59 Å². The van der Waals surface area contributed by atoms with Crippen molar-refractivity contribution in [3.63, 3.8) is 0 Å². The minimum absolute atomic E-state index is 0.0811. The molecule has 0 fully saturated rings. The molecule has 0 spiro atoms. The van der Waals surface area contributed by atoms with Gasteiger partial charge >= 0.3 is 0 Å². The average Bonchev–Trinajstić information content (AvgIpc) is 2.75. The van der Waals surface area contributed by atoms with Gasteiger partial charge in [-0.2, -0.15) is 0 Å². The number of rotatable bonds is 4. The van der Waals surface area contributed by atoms with Gasteiger partial charge in [-0.25, -0.2) is 8.78 Å². The zero-order valence-electron chi connectivity index (χ0n) is 9.20. The van der Waals surface area contributed by atoms with Gasteiger partial charge in [0.1, 0.15) is 11.6 Å². The number of benzene rings is 1. The Morgan fingerprint density at radius 3 is 2.61 bits per heavy atom. The molecule has 1 heterocycles. The van der Waals surface area contributed by atoms with Gasteiger partial charge in [-0.05, 0) is 24.3 Å². The summed E-state index contributed by atoms with van der Waals surface area (Å²) in [7, 11) is 0. The third-order valence-corrected chi connectivity index (χ3v) is 5.10. The first-order valence-electron chi connectivity index (χ1n) is 5.17. The summed E-state index contributed by atoms with van der Waals surface area (Å²) in [6.45, 7) is 0.359. The molecule has 0 saturated carbocycles.